The number of aryl methyl sites for hydroxylation is 1. The van der Waals surface area contributed by atoms with Gasteiger partial charge in [-0.25, -0.2) is 4.98 Å². The summed E-state index contributed by atoms with van der Waals surface area (Å²) in [5.74, 6) is 0. The van der Waals surface area contributed by atoms with Gasteiger partial charge in [0.1, 0.15) is 5.65 Å². The van der Waals surface area contributed by atoms with E-state index in [0.717, 1.165) is 57.2 Å². The maximum atomic E-state index is 10.1. The normalized spacial score (nSPS) is 12.8. The number of aliphatic hydroxyl groups excluding tert-OH is 1. The highest BCUT2D eigenvalue weighted by Crippen LogP contribution is 2.28. The molecule has 2 N–H and O–H groups in total. The predicted octanol–water partition coefficient (Wildman–Crippen LogP) is 4.32. The number of H-pyrrole nitrogens is 1. The maximum absolute atomic E-state index is 10.1. The third-order valence-corrected chi connectivity index (χ3v) is 4.60. The lowest BCUT2D eigenvalue weighted by atomic mass is 10.0. The topological polar surface area (TPSA) is 74.7 Å². The van der Waals surface area contributed by atoms with Crippen LogP contribution in [0.2, 0.25) is 0 Å². The fraction of sp³-hybridized carbons (Fsp3) is 0.250. The van der Waals surface area contributed by atoms with E-state index in [-0.39, 0.29) is 0 Å². The van der Waals surface area contributed by atoms with Crippen LogP contribution in [0.15, 0.2) is 43.0 Å². The standard InChI is InChI=1S/C20H20N4O/c1-3-4-19(25)18-7-12(2)15(10-23-18)17-8-13-9-24-20-14(5-6-21-20)16(13)11-22-17/h5-11,19,25H,3-4H2,1-2H3,(H,21,24)/t19-/m0/s1. The Morgan fingerprint density at radius 3 is 2.76 bits per heavy atom. The quantitative estimate of drug-likeness (QED) is 0.584. The fourth-order valence-corrected chi connectivity index (χ4v) is 3.22. The molecule has 0 aliphatic heterocycles. The largest absolute Gasteiger partial charge is 0.387 e. The van der Waals surface area contributed by atoms with Crippen molar-refractivity contribution in [2.75, 3.05) is 0 Å². The van der Waals surface area contributed by atoms with Crippen molar-refractivity contribution >= 4 is 21.8 Å². The van der Waals surface area contributed by atoms with E-state index in [0.29, 0.717) is 0 Å². The highest BCUT2D eigenvalue weighted by atomic mass is 16.3. The molecule has 126 valence electrons. The third-order valence-electron chi connectivity index (χ3n) is 4.60. The second-order valence-corrected chi connectivity index (χ2v) is 6.38. The Labute approximate surface area is 145 Å². The second-order valence-electron chi connectivity index (χ2n) is 6.38. The van der Waals surface area contributed by atoms with Crippen LogP contribution < -0.4 is 0 Å². The molecule has 0 bridgehead atoms. The molecule has 0 aliphatic carbocycles. The number of pyridine rings is 3. The molecule has 0 spiro atoms. The minimum atomic E-state index is -0.506. The summed E-state index contributed by atoms with van der Waals surface area (Å²) in [6.45, 7) is 4.08. The van der Waals surface area contributed by atoms with Crippen molar-refractivity contribution in [2.45, 2.75) is 32.8 Å². The minimum Gasteiger partial charge on any atom is -0.387 e. The molecule has 4 heterocycles. The maximum Gasteiger partial charge on any atom is 0.137 e. The predicted molar refractivity (Wildman–Crippen MR) is 99.2 cm³/mol. The number of rotatable bonds is 4. The van der Waals surface area contributed by atoms with Crippen LogP contribution in [0.4, 0.5) is 0 Å². The average molecular weight is 332 g/mol. The zero-order chi connectivity index (χ0) is 17.4. The molecule has 5 heteroatoms. The highest BCUT2D eigenvalue weighted by molar-refractivity contribution is 6.04. The van der Waals surface area contributed by atoms with Crippen LogP contribution in [0.25, 0.3) is 33.1 Å². The summed E-state index contributed by atoms with van der Waals surface area (Å²) >= 11 is 0. The molecule has 4 rings (SSSR count). The van der Waals surface area contributed by atoms with E-state index < -0.39 is 6.10 Å². The van der Waals surface area contributed by atoms with Crippen molar-refractivity contribution in [1.82, 2.24) is 19.9 Å². The van der Waals surface area contributed by atoms with Crippen LogP contribution in [0.1, 0.15) is 37.1 Å². The first kappa shape index (κ1) is 15.7. The summed E-state index contributed by atoms with van der Waals surface area (Å²) in [4.78, 5) is 16.7. The summed E-state index contributed by atoms with van der Waals surface area (Å²) in [5.41, 5.74) is 4.49. The van der Waals surface area contributed by atoms with Crippen LogP contribution in [0.3, 0.4) is 0 Å². The minimum absolute atomic E-state index is 0.506. The molecule has 0 radical (unpaired) electrons. The number of aromatic amines is 1. The zero-order valence-electron chi connectivity index (χ0n) is 14.3. The van der Waals surface area contributed by atoms with Crippen LogP contribution in [-0.4, -0.2) is 25.0 Å². The Morgan fingerprint density at radius 2 is 1.96 bits per heavy atom. The molecule has 5 nitrogen and oxygen atoms in total. The van der Waals surface area contributed by atoms with E-state index in [4.69, 9.17) is 0 Å². The van der Waals surface area contributed by atoms with E-state index in [9.17, 15) is 5.11 Å². The Balaban J connectivity index is 1.77. The molecule has 0 aliphatic rings. The van der Waals surface area contributed by atoms with Gasteiger partial charge in [0.2, 0.25) is 0 Å². The number of fused-ring (bicyclic) bond motifs is 3. The average Bonchev–Trinajstić information content (AvgIpc) is 3.10. The van der Waals surface area contributed by atoms with Gasteiger partial charge < -0.3 is 10.1 Å². The molecule has 0 unspecified atom stereocenters. The first-order chi connectivity index (χ1) is 12.2. The van der Waals surface area contributed by atoms with E-state index >= 15 is 0 Å². The zero-order valence-corrected chi connectivity index (χ0v) is 14.3. The molecule has 0 aromatic carbocycles. The smallest absolute Gasteiger partial charge is 0.137 e. The van der Waals surface area contributed by atoms with Crippen LogP contribution in [-0.2, 0) is 0 Å². The highest BCUT2D eigenvalue weighted by Gasteiger charge is 2.12. The number of aliphatic hydroxyl groups is 1. The third kappa shape index (κ3) is 2.76. The Morgan fingerprint density at radius 1 is 1.08 bits per heavy atom. The van der Waals surface area contributed by atoms with Gasteiger partial charge in [-0.2, -0.15) is 0 Å². The molecule has 0 fully saturated rings. The molecule has 0 saturated carbocycles. The van der Waals surface area contributed by atoms with Crippen molar-refractivity contribution in [2.24, 2.45) is 0 Å². The summed E-state index contributed by atoms with van der Waals surface area (Å²) in [5, 5.41) is 13.3. The second kappa shape index (κ2) is 6.26. The summed E-state index contributed by atoms with van der Waals surface area (Å²) in [6, 6.07) is 6.01. The van der Waals surface area contributed by atoms with Crippen molar-refractivity contribution in [3.8, 4) is 11.3 Å². The van der Waals surface area contributed by atoms with Crippen molar-refractivity contribution in [1.29, 1.82) is 0 Å². The number of hydrogen-bond acceptors (Lipinski definition) is 4. The summed E-state index contributed by atoms with van der Waals surface area (Å²) in [7, 11) is 0. The molecule has 25 heavy (non-hydrogen) atoms. The SMILES string of the molecule is CCC[C@H](O)c1cc(C)c(-c2cc3cnc4[nH]ccc4c3cn2)cn1. The molecule has 0 amide bonds. The van der Waals surface area contributed by atoms with Gasteiger partial charge in [0, 0.05) is 46.5 Å². The molecular formula is C20H20N4O. The van der Waals surface area contributed by atoms with Gasteiger partial charge in [0.05, 0.1) is 17.5 Å². The first-order valence-corrected chi connectivity index (χ1v) is 8.54. The molecule has 4 aromatic heterocycles. The van der Waals surface area contributed by atoms with E-state index in [1.807, 2.05) is 43.7 Å². The van der Waals surface area contributed by atoms with Gasteiger partial charge in [0.15, 0.2) is 0 Å². The van der Waals surface area contributed by atoms with E-state index in [2.05, 4.69) is 26.9 Å². The number of nitrogens with one attached hydrogen (secondary N) is 1. The summed E-state index contributed by atoms with van der Waals surface area (Å²) in [6.07, 6.45) is 8.59. The van der Waals surface area contributed by atoms with Gasteiger partial charge in [-0.3, -0.25) is 9.97 Å². The van der Waals surface area contributed by atoms with Crippen LogP contribution in [0.5, 0.6) is 0 Å². The lowest BCUT2D eigenvalue weighted by Gasteiger charge is -2.12. The Bertz CT molecular complexity index is 1050. The van der Waals surface area contributed by atoms with E-state index in [1.165, 1.54) is 0 Å². The summed E-state index contributed by atoms with van der Waals surface area (Å²) < 4.78 is 0. The van der Waals surface area contributed by atoms with Gasteiger partial charge in [-0.15, -0.1) is 0 Å². The fourth-order valence-electron chi connectivity index (χ4n) is 3.22. The van der Waals surface area contributed by atoms with Gasteiger partial charge in [-0.05, 0) is 37.1 Å². The number of aromatic nitrogens is 4. The Kier molecular flexibility index (Phi) is 3.93. The van der Waals surface area contributed by atoms with Crippen molar-refractivity contribution in [3.63, 3.8) is 0 Å². The van der Waals surface area contributed by atoms with Gasteiger partial charge in [-0.1, -0.05) is 13.3 Å². The van der Waals surface area contributed by atoms with Crippen molar-refractivity contribution in [3.05, 3.63) is 54.2 Å². The Hall–Kier alpha value is -2.79. The van der Waals surface area contributed by atoms with E-state index in [1.54, 1.807) is 6.20 Å². The molecule has 4 aromatic rings. The van der Waals surface area contributed by atoms with Crippen LogP contribution >= 0.6 is 0 Å². The van der Waals surface area contributed by atoms with Crippen molar-refractivity contribution < 1.29 is 5.11 Å². The lowest BCUT2D eigenvalue weighted by molar-refractivity contribution is 0.161. The van der Waals surface area contributed by atoms with Crippen LogP contribution in [0, 0.1) is 6.92 Å². The molecular weight excluding hydrogens is 312 g/mol. The number of hydrogen-bond donors (Lipinski definition) is 2. The molecule has 1 atom stereocenters. The number of nitrogens with zero attached hydrogens (tertiary/aromatic N) is 3. The monoisotopic (exact) mass is 332 g/mol. The first-order valence-electron chi connectivity index (χ1n) is 8.54. The van der Waals surface area contributed by atoms with Gasteiger partial charge >= 0.3 is 0 Å². The molecule has 0 saturated heterocycles. The lowest BCUT2D eigenvalue weighted by Crippen LogP contribution is -2.01. The van der Waals surface area contributed by atoms with Gasteiger partial charge in [0.25, 0.3) is 0 Å².